The summed E-state index contributed by atoms with van der Waals surface area (Å²) in [7, 11) is 1.88. The largest absolute Gasteiger partial charge is 0.355 e. The van der Waals surface area contributed by atoms with E-state index in [1.54, 1.807) is 0 Å². The van der Waals surface area contributed by atoms with E-state index < -0.39 is 6.03 Å². The molecule has 6 nitrogen and oxygen atoms in total. The normalized spacial score (nSPS) is 11.6. The number of benzene rings is 1. The Morgan fingerprint density at radius 3 is 2.67 bits per heavy atom. The SMILES string of the molecule is CCCNC(=O)CNC(=O)Nc1cccc(C(C)NC)c1. The summed E-state index contributed by atoms with van der Waals surface area (Å²) < 4.78 is 0. The molecule has 0 heterocycles. The second kappa shape index (κ2) is 8.97. The highest BCUT2D eigenvalue weighted by Crippen LogP contribution is 2.16. The second-order valence-corrected chi connectivity index (χ2v) is 4.79. The Labute approximate surface area is 125 Å². The van der Waals surface area contributed by atoms with Crippen LogP contribution in [0, 0.1) is 0 Å². The molecule has 1 unspecified atom stereocenters. The van der Waals surface area contributed by atoms with Crippen LogP contribution in [-0.2, 0) is 4.79 Å². The van der Waals surface area contributed by atoms with Gasteiger partial charge in [0.1, 0.15) is 0 Å². The highest BCUT2D eigenvalue weighted by molar-refractivity contribution is 5.92. The van der Waals surface area contributed by atoms with Gasteiger partial charge in [-0.2, -0.15) is 0 Å². The summed E-state index contributed by atoms with van der Waals surface area (Å²) in [5, 5.41) is 11.1. The Hall–Kier alpha value is -2.08. The van der Waals surface area contributed by atoms with Crippen molar-refractivity contribution in [2.75, 3.05) is 25.5 Å². The molecule has 0 bridgehead atoms. The fourth-order valence-electron chi connectivity index (χ4n) is 1.72. The summed E-state index contributed by atoms with van der Waals surface area (Å²) in [6, 6.07) is 7.39. The lowest BCUT2D eigenvalue weighted by molar-refractivity contribution is -0.120. The van der Waals surface area contributed by atoms with Crippen LogP contribution in [0.15, 0.2) is 24.3 Å². The highest BCUT2D eigenvalue weighted by atomic mass is 16.2. The Kier molecular flexibility index (Phi) is 7.25. The van der Waals surface area contributed by atoms with E-state index >= 15 is 0 Å². The van der Waals surface area contributed by atoms with E-state index in [1.165, 1.54) is 0 Å². The fraction of sp³-hybridized carbons (Fsp3) is 0.467. The third kappa shape index (κ3) is 6.27. The minimum absolute atomic E-state index is 0.0293. The number of nitrogens with one attached hydrogen (secondary N) is 4. The predicted octanol–water partition coefficient (Wildman–Crippen LogP) is 1.61. The standard InChI is InChI=1S/C15H24N4O2/c1-4-8-17-14(20)10-18-15(21)19-13-7-5-6-12(9-13)11(2)16-3/h5-7,9,11,16H,4,8,10H2,1-3H3,(H,17,20)(H2,18,19,21). The molecule has 0 aliphatic carbocycles. The van der Waals surface area contributed by atoms with Gasteiger partial charge >= 0.3 is 6.03 Å². The lowest BCUT2D eigenvalue weighted by Gasteiger charge is -2.13. The van der Waals surface area contributed by atoms with E-state index in [2.05, 4.69) is 21.3 Å². The first-order chi connectivity index (χ1) is 10.1. The lowest BCUT2D eigenvalue weighted by atomic mass is 10.1. The second-order valence-electron chi connectivity index (χ2n) is 4.79. The van der Waals surface area contributed by atoms with Crippen molar-refractivity contribution in [3.8, 4) is 0 Å². The van der Waals surface area contributed by atoms with Crippen molar-refractivity contribution < 1.29 is 9.59 Å². The van der Waals surface area contributed by atoms with Gasteiger partial charge in [-0.3, -0.25) is 4.79 Å². The summed E-state index contributed by atoms with van der Waals surface area (Å²) in [5.41, 5.74) is 1.78. The van der Waals surface area contributed by atoms with Crippen molar-refractivity contribution in [1.82, 2.24) is 16.0 Å². The Balaban J connectivity index is 2.46. The maximum absolute atomic E-state index is 11.7. The minimum Gasteiger partial charge on any atom is -0.355 e. The molecule has 1 rings (SSSR count). The maximum Gasteiger partial charge on any atom is 0.319 e. The molecule has 6 heteroatoms. The van der Waals surface area contributed by atoms with Gasteiger partial charge in [-0.25, -0.2) is 4.79 Å². The number of carbonyl (C=O) groups is 2. The van der Waals surface area contributed by atoms with Gasteiger partial charge in [0.05, 0.1) is 6.54 Å². The molecule has 1 aromatic rings. The van der Waals surface area contributed by atoms with Crippen molar-refractivity contribution in [2.45, 2.75) is 26.3 Å². The van der Waals surface area contributed by atoms with Crippen LogP contribution in [0.1, 0.15) is 31.9 Å². The molecule has 0 fully saturated rings. The molecule has 4 N–H and O–H groups in total. The number of carbonyl (C=O) groups excluding carboxylic acids is 2. The van der Waals surface area contributed by atoms with Crippen LogP contribution in [0.4, 0.5) is 10.5 Å². The van der Waals surface area contributed by atoms with Gasteiger partial charge in [0.15, 0.2) is 0 Å². The van der Waals surface area contributed by atoms with Crippen LogP contribution in [-0.4, -0.2) is 32.1 Å². The molecule has 0 saturated heterocycles. The first kappa shape index (κ1) is 17.0. The van der Waals surface area contributed by atoms with Crippen LogP contribution in [0.25, 0.3) is 0 Å². The van der Waals surface area contributed by atoms with Crippen LogP contribution < -0.4 is 21.3 Å². The molecule has 0 saturated carbocycles. The Morgan fingerprint density at radius 1 is 1.24 bits per heavy atom. The van der Waals surface area contributed by atoms with Crippen molar-refractivity contribution in [3.63, 3.8) is 0 Å². The van der Waals surface area contributed by atoms with Crippen LogP contribution >= 0.6 is 0 Å². The zero-order valence-corrected chi connectivity index (χ0v) is 12.8. The van der Waals surface area contributed by atoms with Gasteiger partial charge in [-0.05, 0) is 38.1 Å². The summed E-state index contributed by atoms with van der Waals surface area (Å²) in [6.07, 6.45) is 0.869. The molecule has 0 spiro atoms. The summed E-state index contributed by atoms with van der Waals surface area (Å²) in [5.74, 6) is -0.190. The molecule has 0 aliphatic rings. The third-order valence-corrected chi connectivity index (χ3v) is 3.06. The smallest absolute Gasteiger partial charge is 0.319 e. The van der Waals surface area contributed by atoms with Crippen LogP contribution in [0.2, 0.25) is 0 Å². The van der Waals surface area contributed by atoms with Crippen molar-refractivity contribution in [2.24, 2.45) is 0 Å². The van der Waals surface area contributed by atoms with Gasteiger partial charge in [-0.15, -0.1) is 0 Å². The number of amides is 3. The molecule has 3 amide bonds. The lowest BCUT2D eigenvalue weighted by Crippen LogP contribution is -2.39. The van der Waals surface area contributed by atoms with E-state index in [4.69, 9.17) is 0 Å². The number of rotatable bonds is 7. The minimum atomic E-state index is -0.393. The number of urea groups is 1. The first-order valence-corrected chi connectivity index (χ1v) is 7.15. The van der Waals surface area contributed by atoms with Gasteiger partial charge in [0.2, 0.25) is 5.91 Å². The van der Waals surface area contributed by atoms with Crippen molar-refractivity contribution >= 4 is 17.6 Å². The van der Waals surface area contributed by atoms with E-state index in [0.717, 1.165) is 12.0 Å². The first-order valence-electron chi connectivity index (χ1n) is 7.15. The maximum atomic E-state index is 11.7. The molecular formula is C15H24N4O2. The zero-order valence-electron chi connectivity index (χ0n) is 12.8. The number of hydrogen-bond donors (Lipinski definition) is 4. The van der Waals surface area contributed by atoms with Gasteiger partial charge < -0.3 is 21.3 Å². The van der Waals surface area contributed by atoms with E-state index in [-0.39, 0.29) is 18.5 Å². The molecule has 1 aromatic carbocycles. The summed E-state index contributed by atoms with van der Waals surface area (Å²) >= 11 is 0. The molecule has 0 aliphatic heterocycles. The average molecular weight is 292 g/mol. The summed E-state index contributed by atoms with van der Waals surface area (Å²) in [6.45, 7) is 4.60. The number of hydrogen-bond acceptors (Lipinski definition) is 3. The third-order valence-electron chi connectivity index (χ3n) is 3.06. The van der Waals surface area contributed by atoms with Gasteiger partial charge in [-0.1, -0.05) is 19.1 Å². The van der Waals surface area contributed by atoms with E-state index in [1.807, 2.05) is 45.2 Å². The Bertz CT molecular complexity index is 476. The zero-order chi connectivity index (χ0) is 15.7. The van der Waals surface area contributed by atoms with E-state index in [9.17, 15) is 9.59 Å². The molecular weight excluding hydrogens is 268 g/mol. The molecule has 21 heavy (non-hydrogen) atoms. The van der Waals surface area contributed by atoms with Crippen molar-refractivity contribution in [3.05, 3.63) is 29.8 Å². The molecule has 0 aromatic heterocycles. The molecule has 116 valence electrons. The van der Waals surface area contributed by atoms with E-state index in [0.29, 0.717) is 12.2 Å². The molecule has 1 atom stereocenters. The number of anilines is 1. The Morgan fingerprint density at radius 2 is 2.00 bits per heavy atom. The monoisotopic (exact) mass is 292 g/mol. The highest BCUT2D eigenvalue weighted by Gasteiger charge is 2.07. The quantitative estimate of drug-likeness (QED) is 0.616. The van der Waals surface area contributed by atoms with Crippen LogP contribution in [0.5, 0.6) is 0 Å². The van der Waals surface area contributed by atoms with Crippen LogP contribution in [0.3, 0.4) is 0 Å². The van der Waals surface area contributed by atoms with Crippen molar-refractivity contribution in [1.29, 1.82) is 0 Å². The average Bonchev–Trinajstić information content (AvgIpc) is 2.50. The van der Waals surface area contributed by atoms with Gasteiger partial charge in [0.25, 0.3) is 0 Å². The van der Waals surface area contributed by atoms with Gasteiger partial charge in [0, 0.05) is 18.3 Å². The summed E-state index contributed by atoms with van der Waals surface area (Å²) in [4.78, 5) is 23.1. The fourth-order valence-corrected chi connectivity index (χ4v) is 1.72. The predicted molar refractivity (Wildman–Crippen MR) is 84.2 cm³/mol. The molecule has 0 radical (unpaired) electrons. The topological polar surface area (TPSA) is 82.3 Å².